The molecule has 0 bridgehead atoms. The molecule has 0 aliphatic rings. The summed E-state index contributed by atoms with van der Waals surface area (Å²) in [7, 11) is 0. The van der Waals surface area contributed by atoms with Crippen LogP contribution in [0, 0.1) is 5.92 Å². The first kappa shape index (κ1) is 18.7. The quantitative estimate of drug-likeness (QED) is 0.400. The molecule has 0 aliphatic heterocycles. The SMILES string of the molecule is CC(C)CSCCC(=O)N[C@H](CNC(=O)CN)C(=O)O. The van der Waals surface area contributed by atoms with Crippen LogP contribution in [0.4, 0.5) is 0 Å². The molecule has 0 unspecified atom stereocenters. The maximum atomic E-state index is 11.6. The Balaban J connectivity index is 4.02. The van der Waals surface area contributed by atoms with Gasteiger partial charge in [-0.1, -0.05) is 13.8 Å². The zero-order chi connectivity index (χ0) is 15.5. The third-order valence-electron chi connectivity index (χ3n) is 2.25. The highest BCUT2D eigenvalue weighted by atomic mass is 32.2. The second kappa shape index (κ2) is 10.5. The van der Waals surface area contributed by atoms with Crippen molar-refractivity contribution in [1.82, 2.24) is 10.6 Å². The highest BCUT2D eigenvalue weighted by Crippen LogP contribution is 2.08. The molecule has 0 fully saturated rings. The van der Waals surface area contributed by atoms with Crippen LogP contribution in [0.2, 0.25) is 0 Å². The molecule has 0 aromatic rings. The van der Waals surface area contributed by atoms with Crippen molar-refractivity contribution in [3.05, 3.63) is 0 Å². The maximum absolute atomic E-state index is 11.6. The number of carbonyl (C=O) groups excluding carboxylic acids is 2. The summed E-state index contributed by atoms with van der Waals surface area (Å²) in [6.45, 7) is 3.80. The average Bonchev–Trinajstić information content (AvgIpc) is 2.38. The molecule has 20 heavy (non-hydrogen) atoms. The van der Waals surface area contributed by atoms with Crippen LogP contribution in [0.15, 0.2) is 0 Å². The van der Waals surface area contributed by atoms with E-state index in [-0.39, 0.29) is 25.4 Å². The lowest BCUT2D eigenvalue weighted by Gasteiger charge is -2.15. The fourth-order valence-corrected chi connectivity index (χ4v) is 2.21. The molecule has 0 spiro atoms. The summed E-state index contributed by atoms with van der Waals surface area (Å²) in [5.41, 5.74) is 5.09. The van der Waals surface area contributed by atoms with Crippen LogP contribution in [0.1, 0.15) is 20.3 Å². The number of thioether (sulfide) groups is 1. The number of carbonyl (C=O) groups is 3. The molecule has 0 saturated heterocycles. The van der Waals surface area contributed by atoms with Gasteiger partial charge in [0.2, 0.25) is 11.8 Å². The van der Waals surface area contributed by atoms with E-state index < -0.39 is 17.9 Å². The minimum Gasteiger partial charge on any atom is -0.480 e. The first-order chi connectivity index (χ1) is 9.36. The first-order valence-corrected chi connectivity index (χ1v) is 7.59. The lowest BCUT2D eigenvalue weighted by Crippen LogP contribution is -2.49. The van der Waals surface area contributed by atoms with Crippen molar-refractivity contribution in [1.29, 1.82) is 0 Å². The molecule has 0 radical (unpaired) electrons. The molecule has 0 aromatic heterocycles. The van der Waals surface area contributed by atoms with Gasteiger partial charge in [-0.2, -0.15) is 11.8 Å². The van der Waals surface area contributed by atoms with Gasteiger partial charge in [0.1, 0.15) is 6.04 Å². The Bertz CT molecular complexity index is 337. The van der Waals surface area contributed by atoms with Crippen LogP contribution >= 0.6 is 11.8 Å². The topological polar surface area (TPSA) is 122 Å². The van der Waals surface area contributed by atoms with E-state index in [0.717, 1.165) is 5.75 Å². The van der Waals surface area contributed by atoms with Crippen molar-refractivity contribution >= 4 is 29.5 Å². The molecule has 0 aromatic carbocycles. The molecular weight excluding hydrogens is 282 g/mol. The van der Waals surface area contributed by atoms with E-state index in [4.69, 9.17) is 10.8 Å². The third-order valence-corrected chi connectivity index (χ3v) is 3.64. The Hall–Kier alpha value is -1.28. The van der Waals surface area contributed by atoms with Crippen molar-refractivity contribution < 1.29 is 19.5 Å². The van der Waals surface area contributed by atoms with E-state index in [1.807, 2.05) is 0 Å². The smallest absolute Gasteiger partial charge is 0.328 e. The predicted molar refractivity (Wildman–Crippen MR) is 78.4 cm³/mol. The number of aliphatic carboxylic acids is 1. The fourth-order valence-electron chi connectivity index (χ4n) is 1.24. The van der Waals surface area contributed by atoms with E-state index in [1.165, 1.54) is 0 Å². The molecule has 8 heteroatoms. The summed E-state index contributed by atoms with van der Waals surface area (Å²) in [4.78, 5) is 33.5. The molecular formula is C12H23N3O4S. The van der Waals surface area contributed by atoms with E-state index in [2.05, 4.69) is 24.5 Å². The number of carboxylic acids is 1. The summed E-state index contributed by atoms with van der Waals surface area (Å²) < 4.78 is 0. The Morgan fingerprint density at radius 3 is 2.40 bits per heavy atom. The van der Waals surface area contributed by atoms with Gasteiger partial charge >= 0.3 is 5.97 Å². The summed E-state index contributed by atoms with van der Waals surface area (Å²) >= 11 is 1.65. The van der Waals surface area contributed by atoms with Gasteiger partial charge in [-0.05, 0) is 11.7 Å². The van der Waals surface area contributed by atoms with Gasteiger partial charge in [0.15, 0.2) is 0 Å². The van der Waals surface area contributed by atoms with E-state index in [0.29, 0.717) is 11.7 Å². The van der Waals surface area contributed by atoms with Gasteiger partial charge in [-0.3, -0.25) is 9.59 Å². The monoisotopic (exact) mass is 305 g/mol. The number of nitrogens with one attached hydrogen (secondary N) is 2. The van der Waals surface area contributed by atoms with Crippen molar-refractivity contribution in [2.75, 3.05) is 24.6 Å². The van der Waals surface area contributed by atoms with Crippen LogP contribution in [-0.2, 0) is 14.4 Å². The van der Waals surface area contributed by atoms with Gasteiger partial charge in [0.05, 0.1) is 6.54 Å². The second-order valence-electron chi connectivity index (χ2n) is 4.69. The van der Waals surface area contributed by atoms with E-state index in [9.17, 15) is 14.4 Å². The first-order valence-electron chi connectivity index (χ1n) is 6.43. The van der Waals surface area contributed by atoms with Crippen LogP contribution in [0.5, 0.6) is 0 Å². The lowest BCUT2D eigenvalue weighted by atomic mass is 10.2. The van der Waals surface area contributed by atoms with Gasteiger partial charge in [0.25, 0.3) is 0 Å². The van der Waals surface area contributed by atoms with Gasteiger partial charge < -0.3 is 21.5 Å². The van der Waals surface area contributed by atoms with E-state index in [1.54, 1.807) is 11.8 Å². The normalized spacial score (nSPS) is 12.0. The predicted octanol–water partition coefficient (Wildman–Crippen LogP) is -0.590. The molecule has 5 N–H and O–H groups in total. The van der Waals surface area contributed by atoms with Crippen molar-refractivity contribution in [3.8, 4) is 0 Å². The molecule has 0 rings (SSSR count). The van der Waals surface area contributed by atoms with Crippen LogP contribution in [0.3, 0.4) is 0 Å². The highest BCUT2D eigenvalue weighted by molar-refractivity contribution is 7.99. The van der Waals surface area contributed by atoms with Gasteiger partial charge in [-0.25, -0.2) is 4.79 Å². The minimum atomic E-state index is -1.19. The Labute approximate surface area is 123 Å². The van der Waals surface area contributed by atoms with E-state index >= 15 is 0 Å². The number of hydrogen-bond donors (Lipinski definition) is 4. The van der Waals surface area contributed by atoms with Crippen LogP contribution < -0.4 is 16.4 Å². The molecule has 116 valence electrons. The van der Waals surface area contributed by atoms with Crippen molar-refractivity contribution in [3.63, 3.8) is 0 Å². The van der Waals surface area contributed by atoms with Gasteiger partial charge in [0, 0.05) is 18.7 Å². The number of amides is 2. The molecule has 0 heterocycles. The second-order valence-corrected chi connectivity index (χ2v) is 5.84. The number of carboxylic acid groups (broad SMARTS) is 1. The lowest BCUT2D eigenvalue weighted by molar-refractivity contribution is -0.141. The zero-order valence-electron chi connectivity index (χ0n) is 11.8. The number of rotatable bonds is 10. The average molecular weight is 305 g/mol. The summed E-state index contributed by atoms with van der Waals surface area (Å²) in [6, 6.07) is -1.13. The fraction of sp³-hybridized carbons (Fsp3) is 0.750. The molecule has 0 saturated carbocycles. The van der Waals surface area contributed by atoms with Gasteiger partial charge in [-0.15, -0.1) is 0 Å². The zero-order valence-corrected chi connectivity index (χ0v) is 12.7. The Kier molecular flexibility index (Phi) is 9.83. The summed E-state index contributed by atoms with van der Waals surface area (Å²) in [5.74, 6) is 0.175. The minimum absolute atomic E-state index is 0.170. The Morgan fingerprint density at radius 1 is 1.25 bits per heavy atom. The summed E-state index contributed by atoms with van der Waals surface area (Å²) in [5, 5.41) is 13.7. The van der Waals surface area contributed by atoms with Crippen LogP contribution in [0.25, 0.3) is 0 Å². The molecule has 0 aliphatic carbocycles. The summed E-state index contributed by atoms with van der Waals surface area (Å²) in [6.07, 6.45) is 0.256. The van der Waals surface area contributed by atoms with Crippen molar-refractivity contribution in [2.45, 2.75) is 26.3 Å². The molecule has 7 nitrogen and oxygen atoms in total. The maximum Gasteiger partial charge on any atom is 0.328 e. The molecule has 2 amide bonds. The standard InChI is InChI=1S/C12H23N3O4S/c1-8(2)7-20-4-3-10(16)15-9(12(18)19)6-14-11(17)5-13/h8-9H,3-7,13H2,1-2H3,(H,14,17)(H,15,16)(H,18,19)/t9-/m1/s1. The molecule has 1 atom stereocenters. The number of nitrogens with two attached hydrogens (primary N) is 1. The Morgan fingerprint density at radius 2 is 1.90 bits per heavy atom. The third kappa shape index (κ3) is 9.62. The van der Waals surface area contributed by atoms with Crippen LogP contribution in [-0.4, -0.2) is 53.5 Å². The number of hydrogen-bond acceptors (Lipinski definition) is 5. The highest BCUT2D eigenvalue weighted by Gasteiger charge is 2.20. The largest absolute Gasteiger partial charge is 0.480 e. The van der Waals surface area contributed by atoms with Crippen molar-refractivity contribution in [2.24, 2.45) is 11.7 Å².